The molecule has 8 nitrogen and oxygen atoms in total. The van der Waals surface area contributed by atoms with Crippen LogP contribution in [0, 0.1) is 5.92 Å². The van der Waals surface area contributed by atoms with Crippen LogP contribution in [0.5, 0.6) is 11.5 Å². The Balaban J connectivity index is 1.35. The fourth-order valence-electron chi connectivity index (χ4n) is 4.38. The van der Waals surface area contributed by atoms with Gasteiger partial charge in [-0.2, -0.15) is 0 Å². The number of rotatable bonds is 9. The van der Waals surface area contributed by atoms with Crippen LogP contribution in [0.1, 0.15) is 30.0 Å². The minimum Gasteiger partial charge on any atom is -0.497 e. The first kappa shape index (κ1) is 25.2. The highest BCUT2D eigenvalue weighted by Crippen LogP contribution is 2.26. The van der Waals surface area contributed by atoms with Crippen molar-refractivity contribution in [3.8, 4) is 11.5 Å². The van der Waals surface area contributed by atoms with Crippen molar-refractivity contribution in [1.82, 2.24) is 15.2 Å². The number of hydrogen-bond acceptors (Lipinski definition) is 6. The topological polar surface area (TPSA) is 92.8 Å². The molecule has 2 aromatic carbocycles. The van der Waals surface area contributed by atoms with E-state index in [-0.39, 0.29) is 30.3 Å². The van der Waals surface area contributed by atoms with Crippen molar-refractivity contribution in [1.29, 1.82) is 0 Å². The van der Waals surface area contributed by atoms with E-state index in [1.54, 1.807) is 26.5 Å². The largest absolute Gasteiger partial charge is 0.497 e. The van der Waals surface area contributed by atoms with Crippen LogP contribution in [0.2, 0.25) is 0 Å². The molecular weight excluding hydrogens is 456 g/mol. The van der Waals surface area contributed by atoms with Gasteiger partial charge in [0.05, 0.1) is 26.8 Å². The molecule has 0 atom stereocenters. The van der Waals surface area contributed by atoms with E-state index in [0.717, 1.165) is 22.6 Å². The Bertz CT molecular complexity index is 1080. The number of anilines is 1. The first-order valence-electron chi connectivity index (χ1n) is 12.1. The first-order valence-corrected chi connectivity index (χ1v) is 12.1. The van der Waals surface area contributed by atoms with E-state index in [1.165, 1.54) is 0 Å². The van der Waals surface area contributed by atoms with Gasteiger partial charge in [-0.25, -0.2) is 4.98 Å². The maximum atomic E-state index is 13.1. The van der Waals surface area contributed by atoms with Crippen molar-refractivity contribution in [2.45, 2.75) is 18.9 Å². The lowest BCUT2D eigenvalue weighted by atomic mass is 9.95. The third-order valence-electron chi connectivity index (χ3n) is 6.45. The van der Waals surface area contributed by atoms with Crippen LogP contribution < -0.4 is 20.1 Å². The summed E-state index contributed by atoms with van der Waals surface area (Å²) in [7, 11) is 3.26. The van der Waals surface area contributed by atoms with Gasteiger partial charge in [0, 0.05) is 12.1 Å². The highest BCUT2D eigenvalue weighted by molar-refractivity contribution is 5.91. The summed E-state index contributed by atoms with van der Waals surface area (Å²) >= 11 is 0. The third-order valence-corrected chi connectivity index (χ3v) is 6.45. The molecule has 0 bridgehead atoms. The van der Waals surface area contributed by atoms with Crippen LogP contribution in [0.3, 0.4) is 0 Å². The zero-order valence-electron chi connectivity index (χ0n) is 20.6. The van der Waals surface area contributed by atoms with E-state index in [0.29, 0.717) is 31.7 Å². The smallest absolute Gasteiger partial charge is 0.234 e. The third kappa shape index (κ3) is 6.60. The molecule has 0 saturated carbocycles. The molecule has 1 aliphatic rings. The molecule has 4 rings (SSSR count). The number of amides is 2. The Morgan fingerprint density at radius 3 is 2.00 bits per heavy atom. The Morgan fingerprint density at radius 1 is 0.917 bits per heavy atom. The van der Waals surface area contributed by atoms with E-state index >= 15 is 0 Å². The molecule has 2 N–H and O–H groups in total. The summed E-state index contributed by atoms with van der Waals surface area (Å²) in [5.41, 5.74) is 1.92. The Hall–Kier alpha value is -3.91. The second-order valence-corrected chi connectivity index (χ2v) is 8.80. The average molecular weight is 489 g/mol. The molecule has 1 aliphatic heterocycles. The van der Waals surface area contributed by atoms with Crippen molar-refractivity contribution < 1.29 is 19.1 Å². The Kier molecular flexibility index (Phi) is 8.52. The van der Waals surface area contributed by atoms with Crippen LogP contribution in [0.15, 0.2) is 72.9 Å². The molecule has 0 aliphatic carbocycles. The fourth-order valence-corrected chi connectivity index (χ4v) is 4.38. The van der Waals surface area contributed by atoms with Gasteiger partial charge in [-0.15, -0.1) is 0 Å². The minimum absolute atomic E-state index is 0.0168. The molecular formula is C28H32N4O4. The predicted octanol–water partition coefficient (Wildman–Crippen LogP) is 3.66. The fraction of sp³-hybridized carbons (Fsp3) is 0.321. The summed E-state index contributed by atoms with van der Waals surface area (Å²) in [6.07, 6.45) is 3.06. The minimum atomic E-state index is -0.309. The number of piperidine rings is 1. The average Bonchev–Trinajstić information content (AvgIpc) is 2.93. The SMILES string of the molecule is COc1ccc(C(NC(=O)CN2CCC(C(=O)Nc3ccccn3)CC2)c2ccc(OC)cc2)cc1. The number of methoxy groups -OCH3 is 2. The van der Waals surface area contributed by atoms with Crippen molar-refractivity contribution in [3.63, 3.8) is 0 Å². The van der Waals surface area contributed by atoms with Crippen LogP contribution in [-0.2, 0) is 9.59 Å². The summed E-state index contributed by atoms with van der Waals surface area (Å²) in [6, 6.07) is 20.5. The lowest BCUT2D eigenvalue weighted by molar-refractivity contribution is -0.123. The number of hydrogen-bond donors (Lipinski definition) is 2. The first-order chi connectivity index (χ1) is 17.6. The highest BCUT2D eigenvalue weighted by atomic mass is 16.5. The second kappa shape index (κ2) is 12.2. The summed E-state index contributed by atoms with van der Waals surface area (Å²) in [5.74, 6) is 1.91. The summed E-state index contributed by atoms with van der Waals surface area (Å²) in [5, 5.41) is 6.07. The van der Waals surface area contributed by atoms with Crippen molar-refractivity contribution in [2.24, 2.45) is 5.92 Å². The van der Waals surface area contributed by atoms with Gasteiger partial charge < -0.3 is 20.1 Å². The van der Waals surface area contributed by atoms with Crippen molar-refractivity contribution >= 4 is 17.6 Å². The molecule has 2 heterocycles. The normalized spacial score (nSPS) is 14.3. The van der Waals surface area contributed by atoms with Crippen molar-refractivity contribution in [2.75, 3.05) is 39.2 Å². The maximum absolute atomic E-state index is 13.1. The lowest BCUT2D eigenvalue weighted by Crippen LogP contribution is -2.44. The quantitative estimate of drug-likeness (QED) is 0.478. The monoisotopic (exact) mass is 488 g/mol. The second-order valence-electron chi connectivity index (χ2n) is 8.80. The van der Waals surface area contributed by atoms with Gasteiger partial charge in [-0.3, -0.25) is 14.5 Å². The lowest BCUT2D eigenvalue weighted by Gasteiger charge is -2.31. The van der Waals surface area contributed by atoms with Crippen LogP contribution >= 0.6 is 0 Å². The molecule has 0 radical (unpaired) electrons. The molecule has 36 heavy (non-hydrogen) atoms. The van der Waals surface area contributed by atoms with E-state index in [4.69, 9.17) is 9.47 Å². The van der Waals surface area contributed by atoms with Gasteiger partial charge >= 0.3 is 0 Å². The van der Waals surface area contributed by atoms with Gasteiger partial charge in [0.25, 0.3) is 0 Å². The van der Waals surface area contributed by atoms with Crippen LogP contribution in [0.4, 0.5) is 5.82 Å². The molecule has 0 spiro atoms. The number of nitrogens with one attached hydrogen (secondary N) is 2. The van der Waals surface area contributed by atoms with Crippen LogP contribution in [-0.4, -0.2) is 55.6 Å². The molecule has 1 aromatic heterocycles. The number of aromatic nitrogens is 1. The number of carbonyl (C=O) groups is 2. The van der Waals surface area contributed by atoms with Gasteiger partial charge in [0.15, 0.2) is 0 Å². The molecule has 0 unspecified atom stereocenters. The predicted molar refractivity (Wildman–Crippen MR) is 138 cm³/mol. The molecule has 188 valence electrons. The van der Waals surface area contributed by atoms with E-state index in [9.17, 15) is 9.59 Å². The molecule has 1 fully saturated rings. The molecule has 3 aromatic rings. The highest BCUT2D eigenvalue weighted by Gasteiger charge is 2.27. The zero-order valence-corrected chi connectivity index (χ0v) is 20.6. The molecule has 1 saturated heterocycles. The summed E-state index contributed by atoms with van der Waals surface area (Å²) in [4.78, 5) is 31.9. The number of carbonyl (C=O) groups excluding carboxylic acids is 2. The van der Waals surface area contributed by atoms with Gasteiger partial charge in [0.2, 0.25) is 11.8 Å². The maximum Gasteiger partial charge on any atom is 0.234 e. The Labute approximate surface area is 211 Å². The molecule has 8 heteroatoms. The van der Waals surface area contributed by atoms with Gasteiger partial charge in [-0.1, -0.05) is 30.3 Å². The number of nitrogens with zero attached hydrogens (tertiary/aromatic N) is 2. The zero-order chi connectivity index (χ0) is 25.3. The van der Waals surface area contributed by atoms with Gasteiger partial charge in [0.1, 0.15) is 17.3 Å². The number of likely N-dealkylation sites (tertiary alicyclic amines) is 1. The summed E-state index contributed by atoms with van der Waals surface area (Å²) < 4.78 is 10.6. The summed E-state index contributed by atoms with van der Waals surface area (Å²) in [6.45, 7) is 1.64. The standard InChI is InChI=1S/C28H32N4O4/c1-35-23-10-6-20(7-11-23)27(21-8-12-24(36-2)13-9-21)31-26(33)19-32-17-14-22(15-18-32)28(34)30-25-5-3-4-16-29-25/h3-13,16,22,27H,14-15,17-19H2,1-2H3,(H,31,33)(H,29,30,34). The molecule has 2 amide bonds. The Morgan fingerprint density at radius 2 is 1.50 bits per heavy atom. The number of pyridine rings is 1. The van der Waals surface area contributed by atoms with Crippen LogP contribution in [0.25, 0.3) is 0 Å². The van der Waals surface area contributed by atoms with E-state index < -0.39 is 0 Å². The van der Waals surface area contributed by atoms with Gasteiger partial charge in [-0.05, 0) is 73.5 Å². The van der Waals surface area contributed by atoms with Crippen molar-refractivity contribution in [3.05, 3.63) is 84.1 Å². The number of benzene rings is 2. The number of ether oxygens (including phenoxy) is 2. The van der Waals surface area contributed by atoms with E-state index in [2.05, 4.69) is 20.5 Å². The van der Waals surface area contributed by atoms with E-state index in [1.807, 2.05) is 60.7 Å².